The molecule has 8 rings (SSSR count). The zero-order valence-electron chi connectivity index (χ0n) is 32.3. The minimum absolute atomic E-state index is 0.210. The Morgan fingerprint density at radius 3 is 1.08 bits per heavy atom. The minimum Gasteiger partial charge on any atom is -0.308 e. The molecule has 0 saturated heterocycles. The molecule has 2 heteroatoms. The second kappa shape index (κ2) is 13.0. The second-order valence-electron chi connectivity index (χ2n) is 16.1. The van der Waals surface area contributed by atoms with Crippen LogP contribution in [0, 0.1) is 27.7 Å². The molecule has 0 aromatic heterocycles. The minimum atomic E-state index is -0.210. The van der Waals surface area contributed by atoms with Gasteiger partial charge >= 0.3 is 0 Å². The first-order valence-electron chi connectivity index (χ1n) is 19.0. The van der Waals surface area contributed by atoms with Gasteiger partial charge in [-0.2, -0.15) is 0 Å². The molecule has 6 aromatic rings. The van der Waals surface area contributed by atoms with E-state index < -0.39 is 0 Å². The number of likely N-dealkylation sites (N-methyl/N-ethyl adjacent to an activating group) is 1. The zero-order chi connectivity index (χ0) is 36.4. The molecular formula is C50H52N2. The lowest BCUT2D eigenvalue weighted by atomic mass is 9.71. The molecule has 2 aliphatic carbocycles. The molecule has 2 aliphatic rings. The van der Waals surface area contributed by atoms with Gasteiger partial charge in [-0.3, -0.25) is 4.90 Å². The molecule has 0 saturated carbocycles. The quantitative estimate of drug-likeness (QED) is 0.150. The highest BCUT2D eigenvalue weighted by Gasteiger charge is 2.43. The highest BCUT2D eigenvalue weighted by Crippen LogP contribution is 2.54. The van der Waals surface area contributed by atoms with Crippen molar-refractivity contribution in [2.75, 3.05) is 27.2 Å². The summed E-state index contributed by atoms with van der Waals surface area (Å²) in [5.41, 5.74) is 21.8. The van der Waals surface area contributed by atoms with Crippen LogP contribution in [-0.2, 0) is 23.9 Å². The molecule has 2 nitrogen and oxygen atoms in total. The van der Waals surface area contributed by atoms with Crippen LogP contribution >= 0.6 is 0 Å². The van der Waals surface area contributed by atoms with E-state index in [1.807, 2.05) is 0 Å². The van der Waals surface area contributed by atoms with Crippen LogP contribution in [-0.4, -0.2) is 37.0 Å². The number of hydrogen-bond donors (Lipinski definition) is 0. The average molecular weight is 681 g/mol. The molecule has 0 bridgehead atoms. The summed E-state index contributed by atoms with van der Waals surface area (Å²) in [6.07, 6.45) is 0. The van der Waals surface area contributed by atoms with Gasteiger partial charge in [-0.25, -0.2) is 0 Å². The molecule has 0 amide bonds. The lowest BCUT2D eigenvalue weighted by Crippen LogP contribution is -2.32. The van der Waals surface area contributed by atoms with E-state index in [2.05, 4.69) is 187 Å². The Kier molecular flexibility index (Phi) is 8.60. The first kappa shape index (κ1) is 34.3. The van der Waals surface area contributed by atoms with E-state index in [0.717, 1.165) is 26.2 Å². The van der Waals surface area contributed by atoms with Gasteiger partial charge in [-0.15, -0.1) is 0 Å². The van der Waals surface area contributed by atoms with Gasteiger partial charge in [-0.05, 0) is 134 Å². The molecule has 6 aromatic carbocycles. The molecule has 0 unspecified atom stereocenters. The van der Waals surface area contributed by atoms with E-state index in [0.29, 0.717) is 0 Å². The Labute approximate surface area is 311 Å². The van der Waals surface area contributed by atoms with Crippen LogP contribution in [0.4, 0.5) is 0 Å². The standard InChI is InChI=1S/C50H52N2/c1-33-27-37(35(3)47(29-33)49(5)43-21-13-9-17-39(43)40-18-10-14-22-44(40)49)31-52(26-25-51(7)8)32-38-28-34(2)30-48(36(38)4)50(6)45-23-15-11-19-41(45)42-20-12-16-24-46(42)50/h9-24,27-30H,25-26,31-32H2,1-8H3. The van der Waals surface area contributed by atoms with Gasteiger partial charge < -0.3 is 4.90 Å². The van der Waals surface area contributed by atoms with Gasteiger partial charge in [0.25, 0.3) is 0 Å². The predicted molar refractivity (Wildman–Crippen MR) is 219 cm³/mol. The van der Waals surface area contributed by atoms with Crippen molar-refractivity contribution in [3.63, 3.8) is 0 Å². The molecule has 0 heterocycles. The normalized spacial score (nSPS) is 14.7. The van der Waals surface area contributed by atoms with Gasteiger partial charge in [0.1, 0.15) is 0 Å². The van der Waals surface area contributed by atoms with Crippen LogP contribution in [0.5, 0.6) is 0 Å². The lowest BCUT2D eigenvalue weighted by Gasteiger charge is -2.34. The molecule has 0 radical (unpaired) electrons. The van der Waals surface area contributed by atoms with E-state index >= 15 is 0 Å². The van der Waals surface area contributed by atoms with Gasteiger partial charge in [0, 0.05) is 37.0 Å². The van der Waals surface area contributed by atoms with Crippen LogP contribution in [0.3, 0.4) is 0 Å². The van der Waals surface area contributed by atoms with Crippen molar-refractivity contribution in [2.24, 2.45) is 0 Å². The fourth-order valence-corrected chi connectivity index (χ4v) is 9.76. The molecule has 52 heavy (non-hydrogen) atoms. The van der Waals surface area contributed by atoms with E-state index in [4.69, 9.17) is 0 Å². The molecule has 0 aliphatic heterocycles. The molecule has 0 fully saturated rings. The number of fused-ring (bicyclic) bond motifs is 6. The zero-order valence-corrected chi connectivity index (χ0v) is 32.3. The Morgan fingerprint density at radius 2 is 0.750 bits per heavy atom. The third-order valence-electron chi connectivity index (χ3n) is 12.5. The lowest BCUT2D eigenvalue weighted by molar-refractivity contribution is 0.225. The Hall–Kier alpha value is -4.76. The van der Waals surface area contributed by atoms with Crippen LogP contribution in [0.25, 0.3) is 22.3 Å². The van der Waals surface area contributed by atoms with Crippen molar-refractivity contribution < 1.29 is 0 Å². The molecule has 0 spiro atoms. The van der Waals surface area contributed by atoms with Crippen LogP contribution < -0.4 is 0 Å². The van der Waals surface area contributed by atoms with E-state index in [-0.39, 0.29) is 10.8 Å². The first-order chi connectivity index (χ1) is 25.0. The van der Waals surface area contributed by atoms with Crippen molar-refractivity contribution >= 4 is 0 Å². The summed E-state index contributed by atoms with van der Waals surface area (Å²) in [5.74, 6) is 0. The number of hydrogen-bond acceptors (Lipinski definition) is 2. The number of benzene rings is 6. The van der Waals surface area contributed by atoms with Crippen molar-refractivity contribution in [3.05, 3.63) is 188 Å². The second-order valence-corrected chi connectivity index (χ2v) is 16.1. The highest BCUT2D eigenvalue weighted by atomic mass is 15.2. The predicted octanol–water partition coefficient (Wildman–Crippen LogP) is 11.2. The summed E-state index contributed by atoms with van der Waals surface area (Å²) in [5, 5.41) is 0. The van der Waals surface area contributed by atoms with Gasteiger partial charge in [-0.1, -0.05) is 132 Å². The van der Waals surface area contributed by atoms with Crippen LogP contribution in [0.1, 0.15) is 80.6 Å². The highest BCUT2D eigenvalue weighted by molar-refractivity contribution is 5.84. The molecular weight excluding hydrogens is 629 g/mol. The van der Waals surface area contributed by atoms with Crippen molar-refractivity contribution in [3.8, 4) is 22.3 Å². The molecule has 0 atom stereocenters. The summed E-state index contributed by atoms with van der Waals surface area (Å²) in [4.78, 5) is 5.01. The SMILES string of the molecule is Cc1cc(CN(CCN(C)C)Cc2cc(C)cc(C3(C)c4ccccc4-c4ccccc43)c2C)c(C)c(C2(C)c3ccccc3-c3ccccc32)c1. The van der Waals surface area contributed by atoms with Gasteiger partial charge in [0.05, 0.1) is 0 Å². The topological polar surface area (TPSA) is 6.48 Å². The Bertz CT molecular complexity index is 2080. The Morgan fingerprint density at radius 1 is 0.423 bits per heavy atom. The smallest absolute Gasteiger partial charge is 0.0438 e. The fourth-order valence-electron chi connectivity index (χ4n) is 9.76. The maximum Gasteiger partial charge on any atom is 0.0438 e. The van der Waals surface area contributed by atoms with Crippen LogP contribution in [0.2, 0.25) is 0 Å². The number of nitrogens with zero attached hydrogens (tertiary/aromatic N) is 2. The summed E-state index contributed by atoms with van der Waals surface area (Å²) < 4.78 is 0. The maximum atomic E-state index is 2.69. The van der Waals surface area contributed by atoms with Crippen molar-refractivity contribution in [2.45, 2.75) is 65.5 Å². The van der Waals surface area contributed by atoms with Gasteiger partial charge in [0.15, 0.2) is 0 Å². The van der Waals surface area contributed by atoms with Crippen molar-refractivity contribution in [1.82, 2.24) is 9.80 Å². The number of aryl methyl sites for hydroxylation is 2. The summed E-state index contributed by atoms with van der Waals surface area (Å²) in [6, 6.07) is 46.0. The molecule has 262 valence electrons. The average Bonchev–Trinajstić information content (AvgIpc) is 3.56. The summed E-state index contributed by atoms with van der Waals surface area (Å²) >= 11 is 0. The van der Waals surface area contributed by atoms with E-state index in [1.165, 1.54) is 89.0 Å². The summed E-state index contributed by atoms with van der Waals surface area (Å²) in [7, 11) is 4.38. The largest absolute Gasteiger partial charge is 0.308 e. The summed E-state index contributed by atoms with van der Waals surface area (Å²) in [6.45, 7) is 18.0. The monoisotopic (exact) mass is 680 g/mol. The van der Waals surface area contributed by atoms with Crippen molar-refractivity contribution in [1.29, 1.82) is 0 Å². The van der Waals surface area contributed by atoms with Crippen LogP contribution in [0.15, 0.2) is 121 Å². The van der Waals surface area contributed by atoms with E-state index in [1.54, 1.807) is 0 Å². The van der Waals surface area contributed by atoms with Gasteiger partial charge in [0.2, 0.25) is 0 Å². The fraction of sp³-hybridized carbons (Fsp3) is 0.280. The maximum absolute atomic E-state index is 2.69. The molecule has 0 N–H and O–H groups in total. The first-order valence-corrected chi connectivity index (χ1v) is 19.0. The Balaban J connectivity index is 1.20. The number of rotatable bonds is 9. The third-order valence-corrected chi connectivity index (χ3v) is 12.5. The van der Waals surface area contributed by atoms with E-state index in [9.17, 15) is 0 Å². The third kappa shape index (κ3) is 5.38.